The molecule has 0 aliphatic heterocycles. The number of imidazole rings is 1. The Balaban J connectivity index is 1.88. The van der Waals surface area contributed by atoms with E-state index in [9.17, 15) is 5.11 Å². The van der Waals surface area contributed by atoms with E-state index in [1.807, 2.05) is 0 Å². The van der Waals surface area contributed by atoms with Crippen LogP contribution < -0.4 is 4.57 Å². The third kappa shape index (κ3) is 14.2. The highest BCUT2D eigenvalue weighted by Crippen LogP contribution is 2.13. The van der Waals surface area contributed by atoms with E-state index >= 15 is 0 Å². The Morgan fingerprint density at radius 3 is 1.75 bits per heavy atom. The molecule has 1 heterocycles. The number of aliphatic hydroxyl groups excluding tert-OH is 1. The van der Waals surface area contributed by atoms with Crippen LogP contribution in [0.5, 0.6) is 0 Å². The first-order valence-corrected chi connectivity index (χ1v) is 12.5. The largest absolute Gasteiger partial charge is 0.389 e. The van der Waals surface area contributed by atoms with Crippen LogP contribution in [0.4, 0.5) is 0 Å². The number of hydrogen-bond acceptors (Lipinski definition) is 1. The zero-order valence-electron chi connectivity index (χ0n) is 19.1. The average molecular weight is 394 g/mol. The molecule has 0 amide bonds. The van der Waals surface area contributed by atoms with Crippen LogP contribution in [0.15, 0.2) is 18.7 Å². The third-order valence-electron chi connectivity index (χ3n) is 5.83. The van der Waals surface area contributed by atoms with Gasteiger partial charge in [-0.25, -0.2) is 9.13 Å². The molecule has 0 aliphatic carbocycles. The van der Waals surface area contributed by atoms with Crippen molar-refractivity contribution in [2.45, 2.75) is 142 Å². The Morgan fingerprint density at radius 1 is 0.714 bits per heavy atom. The summed E-state index contributed by atoms with van der Waals surface area (Å²) in [5.41, 5.74) is 0. The van der Waals surface area contributed by atoms with Gasteiger partial charge in [-0.05, 0) is 19.3 Å². The minimum absolute atomic E-state index is 0.207. The predicted octanol–water partition coefficient (Wildman–Crippen LogP) is 6.81. The molecule has 0 saturated heterocycles. The molecular formula is C25H49N2O+. The predicted molar refractivity (Wildman–Crippen MR) is 120 cm³/mol. The molecule has 1 atom stereocenters. The fourth-order valence-corrected chi connectivity index (χ4v) is 3.94. The summed E-state index contributed by atoms with van der Waals surface area (Å²) < 4.78 is 4.40. The first-order chi connectivity index (χ1) is 13.8. The van der Waals surface area contributed by atoms with Crippen molar-refractivity contribution in [1.29, 1.82) is 0 Å². The van der Waals surface area contributed by atoms with E-state index in [4.69, 9.17) is 0 Å². The number of aliphatic hydroxyl groups is 1. The maximum atomic E-state index is 10.0. The summed E-state index contributed by atoms with van der Waals surface area (Å²) in [6, 6.07) is 0. The quantitative estimate of drug-likeness (QED) is 0.191. The molecule has 0 radical (unpaired) electrons. The summed E-state index contributed by atoms with van der Waals surface area (Å²) in [7, 11) is 0. The van der Waals surface area contributed by atoms with Gasteiger partial charge in [0.15, 0.2) is 0 Å². The Morgan fingerprint density at radius 2 is 1.21 bits per heavy atom. The first kappa shape index (κ1) is 25.2. The number of nitrogens with zero attached hydrogens (tertiary/aromatic N) is 2. The van der Waals surface area contributed by atoms with E-state index in [0.717, 1.165) is 32.4 Å². The van der Waals surface area contributed by atoms with Crippen molar-refractivity contribution in [3.05, 3.63) is 18.7 Å². The Bertz CT molecular complexity index is 444. The fraction of sp³-hybridized carbons (Fsp3) is 0.880. The van der Waals surface area contributed by atoms with Gasteiger partial charge in [-0.2, -0.15) is 0 Å². The summed E-state index contributed by atoms with van der Waals surface area (Å²) in [5.74, 6) is 0. The first-order valence-electron chi connectivity index (χ1n) is 12.5. The second-order valence-electron chi connectivity index (χ2n) is 8.74. The van der Waals surface area contributed by atoms with Gasteiger partial charge in [0.05, 0.1) is 12.6 Å². The lowest BCUT2D eigenvalue weighted by Crippen LogP contribution is -2.38. The minimum atomic E-state index is -0.207. The third-order valence-corrected chi connectivity index (χ3v) is 5.83. The molecule has 28 heavy (non-hydrogen) atoms. The SMILES string of the molecule is CCCCCCCCCCCCCCCCn1cc[n+](CC(O)CCCC)c1. The van der Waals surface area contributed by atoms with Crippen molar-refractivity contribution in [3.63, 3.8) is 0 Å². The number of unbranched alkanes of at least 4 members (excludes halogenated alkanes) is 14. The van der Waals surface area contributed by atoms with Crippen LogP contribution in [0.25, 0.3) is 0 Å². The van der Waals surface area contributed by atoms with Gasteiger partial charge in [0.1, 0.15) is 18.9 Å². The lowest BCUT2D eigenvalue weighted by molar-refractivity contribution is -0.703. The zero-order valence-corrected chi connectivity index (χ0v) is 19.1. The summed E-state index contributed by atoms with van der Waals surface area (Å²) in [5, 5.41) is 10.0. The summed E-state index contributed by atoms with van der Waals surface area (Å²) in [6.07, 6.45) is 29.1. The van der Waals surface area contributed by atoms with Crippen LogP contribution in [-0.4, -0.2) is 15.8 Å². The topological polar surface area (TPSA) is 29.0 Å². The Kier molecular flexibility index (Phi) is 16.4. The van der Waals surface area contributed by atoms with Crippen LogP contribution in [0.3, 0.4) is 0 Å². The summed E-state index contributed by atoms with van der Waals surface area (Å²) in [6.45, 7) is 6.30. The highest BCUT2D eigenvalue weighted by Gasteiger charge is 2.09. The molecule has 0 bridgehead atoms. The van der Waals surface area contributed by atoms with Gasteiger partial charge in [-0.15, -0.1) is 0 Å². The van der Waals surface area contributed by atoms with Crippen LogP contribution >= 0.6 is 0 Å². The molecular weight excluding hydrogens is 344 g/mol. The number of aromatic nitrogens is 2. The van der Waals surface area contributed by atoms with Crippen molar-refractivity contribution in [3.8, 4) is 0 Å². The molecule has 3 nitrogen and oxygen atoms in total. The van der Waals surface area contributed by atoms with Crippen molar-refractivity contribution in [1.82, 2.24) is 4.57 Å². The van der Waals surface area contributed by atoms with Gasteiger partial charge >= 0.3 is 0 Å². The molecule has 164 valence electrons. The normalized spacial score (nSPS) is 12.5. The van der Waals surface area contributed by atoms with Crippen molar-refractivity contribution < 1.29 is 9.67 Å². The van der Waals surface area contributed by atoms with Crippen LogP contribution in [0.1, 0.15) is 123 Å². The Hall–Kier alpha value is -0.830. The molecule has 0 spiro atoms. The van der Waals surface area contributed by atoms with E-state index in [2.05, 4.69) is 41.7 Å². The second kappa shape index (κ2) is 18.2. The van der Waals surface area contributed by atoms with E-state index in [0.29, 0.717) is 0 Å². The van der Waals surface area contributed by atoms with E-state index in [-0.39, 0.29) is 6.10 Å². The van der Waals surface area contributed by atoms with Gasteiger partial charge in [-0.3, -0.25) is 0 Å². The average Bonchev–Trinajstić information content (AvgIpc) is 3.13. The van der Waals surface area contributed by atoms with E-state index in [1.54, 1.807) is 0 Å². The molecule has 0 aliphatic rings. The monoisotopic (exact) mass is 393 g/mol. The molecule has 0 fully saturated rings. The van der Waals surface area contributed by atoms with Gasteiger partial charge in [0.25, 0.3) is 0 Å². The molecule has 1 aromatic rings. The number of hydrogen-bond donors (Lipinski definition) is 1. The molecule has 0 aromatic carbocycles. The maximum Gasteiger partial charge on any atom is 0.243 e. The van der Waals surface area contributed by atoms with Crippen LogP contribution in [0, 0.1) is 0 Å². The highest BCUT2D eigenvalue weighted by atomic mass is 16.3. The molecule has 1 rings (SSSR count). The summed E-state index contributed by atoms with van der Waals surface area (Å²) in [4.78, 5) is 0. The zero-order chi connectivity index (χ0) is 20.3. The Labute approximate surface area is 175 Å². The maximum absolute atomic E-state index is 10.0. The van der Waals surface area contributed by atoms with Gasteiger partial charge in [0.2, 0.25) is 6.33 Å². The smallest absolute Gasteiger partial charge is 0.243 e. The molecule has 1 N–H and O–H groups in total. The van der Waals surface area contributed by atoms with Gasteiger partial charge in [0, 0.05) is 0 Å². The minimum Gasteiger partial charge on any atom is -0.389 e. The van der Waals surface area contributed by atoms with Crippen molar-refractivity contribution in [2.75, 3.05) is 0 Å². The lowest BCUT2D eigenvalue weighted by atomic mass is 10.0. The fourth-order valence-electron chi connectivity index (χ4n) is 3.94. The van der Waals surface area contributed by atoms with Gasteiger partial charge in [-0.1, -0.05) is 104 Å². The molecule has 3 heteroatoms. The number of rotatable bonds is 20. The van der Waals surface area contributed by atoms with Crippen LogP contribution in [0.2, 0.25) is 0 Å². The van der Waals surface area contributed by atoms with Gasteiger partial charge < -0.3 is 5.11 Å². The molecule has 1 aromatic heterocycles. The van der Waals surface area contributed by atoms with Crippen LogP contribution in [-0.2, 0) is 13.1 Å². The lowest BCUT2D eigenvalue weighted by Gasteiger charge is -2.06. The van der Waals surface area contributed by atoms with Crippen molar-refractivity contribution in [2.24, 2.45) is 0 Å². The van der Waals surface area contributed by atoms with Crippen molar-refractivity contribution >= 4 is 0 Å². The standard InChI is InChI=1S/C25H49N2O/c1-3-5-7-8-9-10-11-12-13-14-15-16-17-18-20-26-21-22-27(24-26)23-25(28)19-6-4-2/h21-22,24-25,28H,3-20,23H2,1-2H3/q+1. The summed E-state index contributed by atoms with van der Waals surface area (Å²) >= 11 is 0. The van der Waals surface area contributed by atoms with E-state index in [1.165, 1.54) is 89.9 Å². The van der Waals surface area contributed by atoms with E-state index < -0.39 is 0 Å². The second-order valence-corrected chi connectivity index (χ2v) is 8.74. The molecule has 0 saturated carbocycles. The molecule has 1 unspecified atom stereocenters. The number of aryl methyl sites for hydroxylation is 1. The highest BCUT2D eigenvalue weighted by molar-refractivity contribution is 4.66.